The third-order valence-corrected chi connectivity index (χ3v) is 3.57. The van der Waals surface area contributed by atoms with Gasteiger partial charge in [0.1, 0.15) is 6.10 Å². The van der Waals surface area contributed by atoms with Gasteiger partial charge in [0.05, 0.1) is 18.6 Å². The number of aliphatic hydroxyl groups excluding tert-OH is 2. The quantitative estimate of drug-likeness (QED) is 0.595. The Morgan fingerprint density at radius 2 is 1.89 bits per heavy atom. The Hall–Kier alpha value is -1.43. The molecule has 0 saturated heterocycles. The fraction of sp³-hybridized carbons (Fsp3) is 0.500. The molecule has 19 heavy (non-hydrogen) atoms. The van der Waals surface area contributed by atoms with E-state index in [2.05, 4.69) is 5.32 Å². The van der Waals surface area contributed by atoms with Crippen LogP contribution in [0.3, 0.4) is 0 Å². The molecule has 0 unspecified atom stereocenters. The number of hydrogen-bond acceptors (Lipinski definition) is 4. The van der Waals surface area contributed by atoms with Gasteiger partial charge in [-0.25, -0.2) is 0 Å². The minimum Gasteiger partial charge on any atom is -0.389 e. The molecule has 1 amide bonds. The molecule has 0 aromatic heterocycles. The maximum atomic E-state index is 11.9. The Kier molecular flexibility index (Phi) is 4.52. The number of nitrogens with two attached hydrogens (primary N) is 1. The zero-order valence-electron chi connectivity index (χ0n) is 10.7. The highest BCUT2D eigenvalue weighted by Gasteiger charge is 2.36. The zero-order chi connectivity index (χ0) is 13.8. The first kappa shape index (κ1) is 14.0. The summed E-state index contributed by atoms with van der Waals surface area (Å²) in [6, 6.07) is 8.55. The second-order valence-electron chi connectivity index (χ2n) is 5.06. The zero-order valence-corrected chi connectivity index (χ0v) is 10.7. The van der Waals surface area contributed by atoms with Gasteiger partial charge in [-0.05, 0) is 18.4 Å². The summed E-state index contributed by atoms with van der Waals surface area (Å²) in [6.45, 7) is 0. The van der Waals surface area contributed by atoms with Crippen molar-refractivity contribution in [3.63, 3.8) is 0 Å². The van der Waals surface area contributed by atoms with Crippen LogP contribution in [0.1, 0.15) is 18.4 Å². The lowest BCUT2D eigenvalue weighted by Gasteiger charge is -2.36. The van der Waals surface area contributed by atoms with Crippen molar-refractivity contribution in [3.8, 4) is 0 Å². The average molecular weight is 264 g/mol. The highest BCUT2D eigenvalue weighted by atomic mass is 16.3. The molecule has 1 saturated carbocycles. The summed E-state index contributed by atoms with van der Waals surface area (Å²) in [7, 11) is 0. The minimum atomic E-state index is -0.997. The summed E-state index contributed by atoms with van der Waals surface area (Å²) in [6.07, 6.45) is -0.528. The van der Waals surface area contributed by atoms with Gasteiger partial charge in [-0.1, -0.05) is 30.3 Å². The van der Waals surface area contributed by atoms with E-state index in [9.17, 15) is 15.0 Å². The summed E-state index contributed by atoms with van der Waals surface area (Å²) in [4.78, 5) is 11.9. The lowest BCUT2D eigenvalue weighted by Crippen LogP contribution is -2.58. The van der Waals surface area contributed by atoms with Gasteiger partial charge in [0, 0.05) is 6.04 Å². The van der Waals surface area contributed by atoms with Crippen LogP contribution in [-0.4, -0.2) is 40.4 Å². The van der Waals surface area contributed by atoms with Gasteiger partial charge in [0.2, 0.25) is 5.91 Å². The van der Waals surface area contributed by atoms with E-state index in [4.69, 9.17) is 5.73 Å². The topological polar surface area (TPSA) is 95.6 Å². The van der Waals surface area contributed by atoms with E-state index < -0.39 is 24.3 Å². The molecule has 104 valence electrons. The monoisotopic (exact) mass is 264 g/mol. The van der Waals surface area contributed by atoms with Crippen LogP contribution in [0.4, 0.5) is 0 Å². The number of rotatable bonds is 3. The van der Waals surface area contributed by atoms with Crippen molar-refractivity contribution in [2.45, 2.75) is 43.6 Å². The Balaban J connectivity index is 1.89. The summed E-state index contributed by atoms with van der Waals surface area (Å²) >= 11 is 0. The molecule has 4 atom stereocenters. The van der Waals surface area contributed by atoms with E-state index in [1.807, 2.05) is 30.3 Å². The maximum Gasteiger partial charge on any atom is 0.224 e. The molecular formula is C14H20N2O3. The third kappa shape index (κ3) is 3.53. The van der Waals surface area contributed by atoms with Crippen LogP contribution < -0.4 is 11.1 Å². The second kappa shape index (κ2) is 6.14. The Labute approximate surface area is 112 Å². The van der Waals surface area contributed by atoms with Crippen molar-refractivity contribution in [1.29, 1.82) is 0 Å². The van der Waals surface area contributed by atoms with Crippen LogP contribution in [0.2, 0.25) is 0 Å². The smallest absolute Gasteiger partial charge is 0.224 e. The lowest BCUT2D eigenvalue weighted by atomic mass is 9.86. The minimum absolute atomic E-state index is 0.155. The molecule has 1 aliphatic rings. The predicted molar refractivity (Wildman–Crippen MR) is 71.3 cm³/mol. The molecule has 0 radical (unpaired) electrons. The molecule has 5 nitrogen and oxygen atoms in total. The van der Waals surface area contributed by atoms with Crippen molar-refractivity contribution >= 4 is 5.91 Å². The van der Waals surface area contributed by atoms with Gasteiger partial charge < -0.3 is 21.3 Å². The fourth-order valence-corrected chi connectivity index (χ4v) is 2.40. The number of aliphatic hydroxyl groups is 2. The first-order valence-corrected chi connectivity index (χ1v) is 6.53. The van der Waals surface area contributed by atoms with Crippen molar-refractivity contribution in [2.24, 2.45) is 5.73 Å². The molecule has 1 aromatic carbocycles. The van der Waals surface area contributed by atoms with Crippen LogP contribution in [0.25, 0.3) is 0 Å². The highest BCUT2D eigenvalue weighted by Crippen LogP contribution is 2.18. The van der Waals surface area contributed by atoms with Crippen molar-refractivity contribution in [2.75, 3.05) is 0 Å². The Morgan fingerprint density at radius 1 is 1.21 bits per heavy atom. The number of amides is 1. The normalized spacial score (nSPS) is 30.9. The Morgan fingerprint density at radius 3 is 2.58 bits per heavy atom. The lowest BCUT2D eigenvalue weighted by molar-refractivity contribution is -0.124. The van der Waals surface area contributed by atoms with Crippen LogP contribution in [0, 0.1) is 0 Å². The Bertz CT molecular complexity index is 424. The predicted octanol–water partition coefficient (Wildman–Crippen LogP) is -0.443. The largest absolute Gasteiger partial charge is 0.389 e. The molecular weight excluding hydrogens is 244 g/mol. The number of carbonyl (C=O) groups excluding carboxylic acids is 1. The van der Waals surface area contributed by atoms with Crippen molar-refractivity contribution in [3.05, 3.63) is 35.9 Å². The van der Waals surface area contributed by atoms with Crippen molar-refractivity contribution < 1.29 is 15.0 Å². The summed E-state index contributed by atoms with van der Waals surface area (Å²) in [5, 5.41) is 22.3. The van der Waals surface area contributed by atoms with Crippen LogP contribution in [-0.2, 0) is 11.2 Å². The van der Waals surface area contributed by atoms with E-state index in [0.717, 1.165) is 5.56 Å². The fourth-order valence-electron chi connectivity index (χ4n) is 2.40. The first-order chi connectivity index (χ1) is 9.08. The van der Waals surface area contributed by atoms with E-state index in [-0.39, 0.29) is 12.3 Å². The van der Waals surface area contributed by atoms with Gasteiger partial charge in [-0.3, -0.25) is 4.79 Å². The molecule has 0 aliphatic heterocycles. The van der Waals surface area contributed by atoms with Crippen molar-refractivity contribution in [1.82, 2.24) is 5.32 Å². The van der Waals surface area contributed by atoms with Gasteiger partial charge in [0.25, 0.3) is 0 Å². The molecule has 1 aromatic rings. The van der Waals surface area contributed by atoms with E-state index in [1.165, 1.54) is 0 Å². The molecule has 0 heterocycles. The standard InChI is InChI=1S/C14H20N2O3/c15-10-6-7-11(14(19)13(10)18)16-12(17)8-9-4-2-1-3-5-9/h1-5,10-11,13-14,18-19H,6-8,15H2,(H,16,17)/t10-,11+,13-,14+/m0/s1. The van der Waals surface area contributed by atoms with E-state index in [1.54, 1.807) is 0 Å². The number of nitrogens with one attached hydrogen (secondary N) is 1. The van der Waals surface area contributed by atoms with Crippen LogP contribution >= 0.6 is 0 Å². The number of benzene rings is 1. The first-order valence-electron chi connectivity index (χ1n) is 6.53. The van der Waals surface area contributed by atoms with Gasteiger partial charge in [-0.2, -0.15) is 0 Å². The summed E-state index contributed by atoms with van der Waals surface area (Å²) in [5.74, 6) is -0.155. The molecule has 0 bridgehead atoms. The summed E-state index contributed by atoms with van der Waals surface area (Å²) in [5.41, 5.74) is 6.58. The molecule has 1 aliphatic carbocycles. The number of carbonyl (C=O) groups is 1. The second-order valence-corrected chi connectivity index (χ2v) is 5.06. The molecule has 1 fully saturated rings. The van der Waals surface area contributed by atoms with E-state index in [0.29, 0.717) is 12.8 Å². The molecule has 5 heteroatoms. The molecule has 0 spiro atoms. The number of hydrogen-bond donors (Lipinski definition) is 4. The summed E-state index contributed by atoms with van der Waals surface area (Å²) < 4.78 is 0. The molecule has 2 rings (SSSR count). The average Bonchev–Trinajstić information content (AvgIpc) is 2.41. The molecule has 5 N–H and O–H groups in total. The van der Waals surface area contributed by atoms with Gasteiger partial charge >= 0.3 is 0 Å². The highest BCUT2D eigenvalue weighted by molar-refractivity contribution is 5.78. The van der Waals surface area contributed by atoms with Crippen LogP contribution in [0.15, 0.2) is 30.3 Å². The maximum absolute atomic E-state index is 11.9. The van der Waals surface area contributed by atoms with E-state index >= 15 is 0 Å². The van der Waals surface area contributed by atoms with Gasteiger partial charge in [0.15, 0.2) is 0 Å². The van der Waals surface area contributed by atoms with Gasteiger partial charge in [-0.15, -0.1) is 0 Å². The third-order valence-electron chi connectivity index (χ3n) is 3.57. The van der Waals surface area contributed by atoms with Crippen LogP contribution in [0.5, 0.6) is 0 Å². The SMILES string of the molecule is N[C@H]1CC[C@@H](NC(=O)Cc2ccccc2)[C@@H](O)[C@H]1O.